The zero-order valence-corrected chi connectivity index (χ0v) is 17.5. The summed E-state index contributed by atoms with van der Waals surface area (Å²) in [5.41, 5.74) is 3.18. The molecule has 2 aromatic carbocycles. The lowest BCUT2D eigenvalue weighted by Gasteiger charge is -2.23. The molecular formula is C23H21ClF3N3O. The van der Waals surface area contributed by atoms with Crippen molar-refractivity contribution in [2.45, 2.75) is 18.7 Å². The fraction of sp³-hybridized carbons (Fsp3) is 0.261. The van der Waals surface area contributed by atoms with Gasteiger partial charge in [0.1, 0.15) is 6.10 Å². The summed E-state index contributed by atoms with van der Waals surface area (Å²) in [6, 6.07) is 16.1. The van der Waals surface area contributed by atoms with Gasteiger partial charge in [0.2, 0.25) is 5.88 Å². The number of aromatic nitrogens is 1. The molecule has 4 nitrogen and oxygen atoms in total. The molecule has 162 valence electrons. The van der Waals surface area contributed by atoms with Gasteiger partial charge in [-0.05, 0) is 29.8 Å². The van der Waals surface area contributed by atoms with Crippen LogP contribution in [0.25, 0.3) is 11.1 Å². The molecular weight excluding hydrogens is 427 g/mol. The van der Waals surface area contributed by atoms with Crippen molar-refractivity contribution >= 4 is 23.0 Å². The quantitative estimate of drug-likeness (QED) is 0.511. The minimum Gasteiger partial charge on any atom is -0.472 e. The summed E-state index contributed by atoms with van der Waals surface area (Å²) >= 11 is 6.34. The fourth-order valence-corrected chi connectivity index (χ4v) is 3.95. The Bertz CT molecular complexity index is 1060. The van der Waals surface area contributed by atoms with E-state index in [1.165, 1.54) is 6.07 Å². The molecule has 1 unspecified atom stereocenters. The Morgan fingerprint density at radius 2 is 1.94 bits per heavy atom. The van der Waals surface area contributed by atoms with Crippen LogP contribution in [0.2, 0.25) is 5.02 Å². The van der Waals surface area contributed by atoms with E-state index in [1.54, 1.807) is 0 Å². The fourth-order valence-electron chi connectivity index (χ4n) is 3.71. The molecule has 0 aliphatic carbocycles. The van der Waals surface area contributed by atoms with Gasteiger partial charge in [-0.25, -0.2) is 4.98 Å². The Morgan fingerprint density at radius 3 is 2.61 bits per heavy atom. The summed E-state index contributed by atoms with van der Waals surface area (Å²) in [6.45, 7) is 1.38. The summed E-state index contributed by atoms with van der Waals surface area (Å²) in [4.78, 5) is 6.00. The van der Waals surface area contributed by atoms with Gasteiger partial charge in [0.05, 0.1) is 23.5 Å². The zero-order valence-electron chi connectivity index (χ0n) is 16.8. The van der Waals surface area contributed by atoms with Crippen LogP contribution in [0.5, 0.6) is 5.88 Å². The molecule has 1 aliphatic heterocycles. The lowest BCUT2D eigenvalue weighted by molar-refractivity contribution is -0.137. The van der Waals surface area contributed by atoms with E-state index in [-0.39, 0.29) is 12.0 Å². The molecule has 0 saturated carbocycles. The number of alkyl halides is 3. The van der Waals surface area contributed by atoms with Crippen molar-refractivity contribution in [3.63, 3.8) is 0 Å². The Labute approximate surface area is 183 Å². The Hall–Kier alpha value is -2.93. The minimum absolute atomic E-state index is 0.155. The Balaban J connectivity index is 1.47. The summed E-state index contributed by atoms with van der Waals surface area (Å²) in [5, 5.41) is 3.93. The Kier molecular flexibility index (Phi) is 5.96. The predicted molar refractivity (Wildman–Crippen MR) is 117 cm³/mol. The topological polar surface area (TPSA) is 37.4 Å². The van der Waals surface area contributed by atoms with Crippen LogP contribution in [-0.4, -0.2) is 31.2 Å². The monoisotopic (exact) mass is 447 g/mol. The number of hydrogen-bond donors (Lipinski definition) is 1. The van der Waals surface area contributed by atoms with Crippen LogP contribution >= 0.6 is 11.6 Å². The van der Waals surface area contributed by atoms with E-state index in [0.29, 0.717) is 11.6 Å². The third kappa shape index (κ3) is 4.71. The van der Waals surface area contributed by atoms with Gasteiger partial charge in [-0.1, -0.05) is 35.9 Å². The third-order valence-corrected chi connectivity index (χ3v) is 5.62. The molecule has 31 heavy (non-hydrogen) atoms. The maximum Gasteiger partial charge on any atom is 0.417 e. The number of benzene rings is 2. The number of pyridine rings is 1. The first-order chi connectivity index (χ1) is 14.8. The number of hydrogen-bond acceptors (Lipinski definition) is 4. The van der Waals surface area contributed by atoms with Crippen molar-refractivity contribution in [3.8, 4) is 17.0 Å². The van der Waals surface area contributed by atoms with Gasteiger partial charge in [0, 0.05) is 42.9 Å². The summed E-state index contributed by atoms with van der Waals surface area (Å²) in [7, 11) is 1.87. The highest BCUT2D eigenvalue weighted by atomic mass is 35.5. The van der Waals surface area contributed by atoms with Crippen LogP contribution < -0.4 is 15.0 Å². The third-order valence-electron chi connectivity index (χ3n) is 5.29. The molecule has 1 atom stereocenters. The van der Waals surface area contributed by atoms with Crippen molar-refractivity contribution in [3.05, 3.63) is 71.4 Å². The van der Waals surface area contributed by atoms with Crippen molar-refractivity contribution < 1.29 is 17.9 Å². The van der Waals surface area contributed by atoms with E-state index in [9.17, 15) is 13.2 Å². The number of halogens is 4. The maximum atomic E-state index is 12.7. The van der Waals surface area contributed by atoms with Crippen molar-refractivity contribution in [1.29, 1.82) is 0 Å². The highest BCUT2D eigenvalue weighted by molar-refractivity contribution is 6.33. The first kappa shape index (κ1) is 21.3. The normalized spacial score (nSPS) is 16.4. The summed E-state index contributed by atoms with van der Waals surface area (Å²) in [5.74, 6) is 0.197. The van der Waals surface area contributed by atoms with Gasteiger partial charge < -0.3 is 15.0 Å². The number of ether oxygens (including phenoxy) is 1. The smallest absolute Gasteiger partial charge is 0.417 e. The van der Waals surface area contributed by atoms with Gasteiger partial charge in [0.25, 0.3) is 0 Å². The van der Waals surface area contributed by atoms with Crippen LogP contribution in [0.15, 0.2) is 60.8 Å². The number of anilines is 2. The second-order valence-corrected chi connectivity index (χ2v) is 7.73. The lowest BCUT2D eigenvalue weighted by atomic mass is 10.0. The van der Waals surface area contributed by atoms with Gasteiger partial charge in [0.15, 0.2) is 0 Å². The highest BCUT2D eigenvalue weighted by Gasteiger charge is 2.31. The van der Waals surface area contributed by atoms with E-state index in [0.717, 1.165) is 47.7 Å². The average Bonchev–Trinajstić information content (AvgIpc) is 3.21. The van der Waals surface area contributed by atoms with Gasteiger partial charge in [-0.2, -0.15) is 13.2 Å². The molecule has 3 aromatic rings. The van der Waals surface area contributed by atoms with Gasteiger partial charge in [-0.15, -0.1) is 0 Å². The number of rotatable bonds is 5. The van der Waals surface area contributed by atoms with E-state index >= 15 is 0 Å². The molecule has 1 aliphatic rings. The average molecular weight is 448 g/mol. The molecule has 4 rings (SSSR count). The van der Waals surface area contributed by atoms with Crippen LogP contribution in [0.1, 0.15) is 12.0 Å². The molecule has 2 heterocycles. The summed E-state index contributed by atoms with van der Waals surface area (Å²) < 4.78 is 43.9. The molecule has 1 aromatic heterocycles. The molecule has 0 spiro atoms. The zero-order chi connectivity index (χ0) is 22.0. The van der Waals surface area contributed by atoms with Crippen molar-refractivity contribution in [2.24, 2.45) is 0 Å². The molecule has 1 N–H and O–H groups in total. The molecule has 0 bridgehead atoms. The second kappa shape index (κ2) is 8.67. The van der Waals surface area contributed by atoms with Crippen LogP contribution in [0, 0.1) is 0 Å². The SMILES string of the molecule is CNc1cc(-c2ccccc2Cl)ccc1N1CCC(Oc2ccc(C(F)(F)F)cn2)C1. The lowest BCUT2D eigenvalue weighted by Crippen LogP contribution is -2.25. The van der Waals surface area contributed by atoms with Crippen LogP contribution in [-0.2, 0) is 6.18 Å². The molecule has 1 saturated heterocycles. The second-order valence-electron chi connectivity index (χ2n) is 7.32. The number of nitrogens with one attached hydrogen (secondary N) is 1. The van der Waals surface area contributed by atoms with Gasteiger partial charge >= 0.3 is 6.18 Å². The predicted octanol–water partition coefficient (Wildman–Crippen LogP) is 6.12. The Morgan fingerprint density at radius 1 is 1.13 bits per heavy atom. The van der Waals surface area contributed by atoms with Crippen molar-refractivity contribution in [1.82, 2.24) is 4.98 Å². The van der Waals surface area contributed by atoms with E-state index < -0.39 is 11.7 Å². The van der Waals surface area contributed by atoms with E-state index in [4.69, 9.17) is 16.3 Å². The largest absolute Gasteiger partial charge is 0.472 e. The van der Waals surface area contributed by atoms with Gasteiger partial charge in [-0.3, -0.25) is 0 Å². The first-order valence-corrected chi connectivity index (χ1v) is 10.2. The van der Waals surface area contributed by atoms with Crippen LogP contribution in [0.4, 0.5) is 24.5 Å². The van der Waals surface area contributed by atoms with E-state index in [1.807, 2.05) is 43.4 Å². The van der Waals surface area contributed by atoms with E-state index in [2.05, 4.69) is 21.3 Å². The molecule has 0 radical (unpaired) electrons. The molecule has 1 fully saturated rings. The first-order valence-electron chi connectivity index (χ1n) is 9.86. The number of nitrogens with zero attached hydrogens (tertiary/aromatic N) is 2. The minimum atomic E-state index is -4.41. The molecule has 8 heteroatoms. The van der Waals surface area contributed by atoms with Crippen LogP contribution in [0.3, 0.4) is 0 Å². The summed E-state index contributed by atoms with van der Waals surface area (Å²) in [6.07, 6.45) is -3.01. The molecule has 0 amide bonds. The van der Waals surface area contributed by atoms with Crippen molar-refractivity contribution in [2.75, 3.05) is 30.4 Å². The highest BCUT2D eigenvalue weighted by Crippen LogP contribution is 2.36. The maximum absolute atomic E-state index is 12.7. The standard InChI is InChI=1S/C23H21ClF3N3O/c1-28-20-12-15(18-4-2-3-5-19(18)24)6-8-21(20)30-11-10-17(14-30)31-22-9-7-16(13-29-22)23(25,26)27/h2-9,12-13,17,28H,10-11,14H2,1H3.